The summed E-state index contributed by atoms with van der Waals surface area (Å²) in [7, 11) is 0. The number of hydrogen-bond donors (Lipinski definition) is 0. The smallest absolute Gasteiger partial charge is 0.410 e. The molecule has 0 N–H and O–H groups in total. The van der Waals surface area contributed by atoms with Crippen LogP contribution in [0.5, 0.6) is 5.75 Å². The topological polar surface area (TPSA) is 68.3 Å². The highest BCUT2D eigenvalue weighted by atomic mass is 19.1. The highest BCUT2D eigenvalue weighted by Gasteiger charge is 2.35. The molecule has 0 aromatic heterocycles. The highest BCUT2D eigenvalue weighted by Crippen LogP contribution is 2.21. The molecule has 3 rings (SSSR count). The van der Waals surface area contributed by atoms with E-state index in [4.69, 9.17) is 14.2 Å². The Kier molecular flexibility index (Phi) is 8.31. The first-order valence-corrected chi connectivity index (χ1v) is 11.1. The van der Waals surface area contributed by atoms with Crippen molar-refractivity contribution in [3.05, 3.63) is 65.7 Å². The second-order valence-electron chi connectivity index (χ2n) is 9.06. The number of piperazine rings is 1. The molecule has 2 amide bonds. The summed E-state index contributed by atoms with van der Waals surface area (Å²) in [6.45, 7) is 6.32. The minimum Gasteiger partial charge on any atom is -0.493 e. The molecule has 1 fully saturated rings. The van der Waals surface area contributed by atoms with E-state index < -0.39 is 35.5 Å². The number of hydrogen-bond acceptors (Lipinski definition) is 5. The molecule has 7 nitrogen and oxygen atoms in total. The van der Waals surface area contributed by atoms with Crippen LogP contribution in [0.25, 0.3) is 0 Å². The lowest BCUT2D eigenvalue weighted by Gasteiger charge is -2.41. The Morgan fingerprint density at radius 2 is 1.68 bits per heavy atom. The third kappa shape index (κ3) is 7.60. The molecule has 2 aromatic carbocycles. The van der Waals surface area contributed by atoms with E-state index in [1.807, 2.05) is 30.3 Å². The lowest BCUT2D eigenvalue weighted by Crippen LogP contribution is -2.57. The largest absolute Gasteiger partial charge is 0.493 e. The number of ether oxygens (including phenoxy) is 3. The third-order valence-electron chi connectivity index (χ3n) is 5.13. The summed E-state index contributed by atoms with van der Waals surface area (Å²) in [5.41, 5.74) is 0.193. The number of halogens is 2. The second-order valence-corrected chi connectivity index (χ2v) is 9.06. The highest BCUT2D eigenvalue weighted by molar-refractivity contribution is 5.71. The average Bonchev–Trinajstić information content (AvgIpc) is 2.76. The van der Waals surface area contributed by atoms with Crippen LogP contribution < -0.4 is 4.74 Å². The van der Waals surface area contributed by atoms with Gasteiger partial charge in [0.2, 0.25) is 0 Å². The molecule has 0 bridgehead atoms. The number of carbonyl (C=O) groups is 2. The molecule has 0 aliphatic carbocycles. The molecule has 0 spiro atoms. The van der Waals surface area contributed by atoms with Crippen LogP contribution in [0.2, 0.25) is 0 Å². The Hall–Kier alpha value is -3.36. The van der Waals surface area contributed by atoms with Crippen LogP contribution >= 0.6 is 0 Å². The Balaban J connectivity index is 1.63. The van der Waals surface area contributed by atoms with Gasteiger partial charge in [0.15, 0.2) is 0 Å². The Morgan fingerprint density at radius 1 is 1.00 bits per heavy atom. The molecule has 34 heavy (non-hydrogen) atoms. The minimum atomic E-state index is -0.740. The normalized spacial score (nSPS) is 16.2. The Labute approximate surface area is 198 Å². The average molecular weight is 477 g/mol. The van der Waals surface area contributed by atoms with Gasteiger partial charge in [-0.1, -0.05) is 30.3 Å². The van der Waals surface area contributed by atoms with E-state index >= 15 is 0 Å². The van der Waals surface area contributed by atoms with Crippen molar-refractivity contribution < 1.29 is 32.6 Å². The third-order valence-corrected chi connectivity index (χ3v) is 5.13. The molecule has 1 aliphatic rings. The summed E-state index contributed by atoms with van der Waals surface area (Å²) in [6, 6.07) is 11.8. The van der Waals surface area contributed by atoms with Crippen molar-refractivity contribution in [1.82, 2.24) is 9.80 Å². The van der Waals surface area contributed by atoms with Crippen molar-refractivity contribution >= 4 is 12.2 Å². The SMILES string of the molecule is CC(C)(C)OC(=O)N1CCN(C(=O)OCc2ccccc2)C[C@H]1CCOc1cc(F)cc(F)c1. The van der Waals surface area contributed by atoms with Gasteiger partial charge in [-0.3, -0.25) is 0 Å². The fraction of sp³-hybridized carbons (Fsp3) is 0.440. The van der Waals surface area contributed by atoms with E-state index in [1.165, 1.54) is 4.90 Å². The van der Waals surface area contributed by atoms with Gasteiger partial charge in [-0.05, 0) is 26.3 Å². The molecule has 1 saturated heterocycles. The van der Waals surface area contributed by atoms with Crippen LogP contribution in [0.3, 0.4) is 0 Å². The van der Waals surface area contributed by atoms with E-state index in [-0.39, 0.29) is 32.1 Å². The molecule has 1 atom stereocenters. The van der Waals surface area contributed by atoms with Gasteiger partial charge in [-0.15, -0.1) is 0 Å². The second kappa shape index (κ2) is 11.2. The Morgan fingerprint density at radius 3 is 2.32 bits per heavy atom. The van der Waals surface area contributed by atoms with Crippen LogP contribution in [0.4, 0.5) is 18.4 Å². The number of amides is 2. The molecular weight excluding hydrogens is 446 g/mol. The van der Waals surface area contributed by atoms with E-state index in [1.54, 1.807) is 25.7 Å². The molecule has 184 valence electrons. The molecule has 1 aliphatic heterocycles. The van der Waals surface area contributed by atoms with Crippen LogP contribution in [-0.4, -0.2) is 59.9 Å². The maximum atomic E-state index is 13.4. The van der Waals surface area contributed by atoms with Crippen molar-refractivity contribution in [2.75, 3.05) is 26.2 Å². The van der Waals surface area contributed by atoms with Gasteiger partial charge in [0.1, 0.15) is 29.6 Å². The summed E-state index contributed by atoms with van der Waals surface area (Å²) in [4.78, 5) is 28.5. The zero-order valence-electron chi connectivity index (χ0n) is 19.6. The van der Waals surface area contributed by atoms with Crippen molar-refractivity contribution in [3.63, 3.8) is 0 Å². The monoisotopic (exact) mass is 476 g/mol. The van der Waals surface area contributed by atoms with Crippen molar-refractivity contribution in [1.29, 1.82) is 0 Å². The molecular formula is C25H30F2N2O5. The fourth-order valence-corrected chi connectivity index (χ4v) is 3.56. The molecule has 0 radical (unpaired) electrons. The summed E-state index contributed by atoms with van der Waals surface area (Å²) >= 11 is 0. The number of nitrogens with zero attached hydrogens (tertiary/aromatic N) is 2. The lowest BCUT2D eigenvalue weighted by atomic mass is 10.1. The maximum Gasteiger partial charge on any atom is 0.410 e. The molecule has 0 unspecified atom stereocenters. The quantitative estimate of drug-likeness (QED) is 0.588. The zero-order chi connectivity index (χ0) is 24.7. The van der Waals surface area contributed by atoms with E-state index in [2.05, 4.69) is 0 Å². The van der Waals surface area contributed by atoms with Gasteiger partial charge in [0.25, 0.3) is 0 Å². The molecule has 1 heterocycles. The predicted octanol–water partition coefficient (Wildman–Crippen LogP) is 4.99. The van der Waals surface area contributed by atoms with Crippen LogP contribution in [0.1, 0.15) is 32.8 Å². The summed E-state index contributed by atoms with van der Waals surface area (Å²) in [5.74, 6) is -1.43. The van der Waals surface area contributed by atoms with Gasteiger partial charge in [0, 0.05) is 44.3 Å². The van der Waals surface area contributed by atoms with Crippen LogP contribution in [0.15, 0.2) is 48.5 Å². The van der Waals surface area contributed by atoms with E-state index in [0.29, 0.717) is 13.0 Å². The fourth-order valence-electron chi connectivity index (χ4n) is 3.56. The number of rotatable bonds is 6. The first-order valence-electron chi connectivity index (χ1n) is 11.1. The lowest BCUT2D eigenvalue weighted by molar-refractivity contribution is -0.00614. The van der Waals surface area contributed by atoms with E-state index in [0.717, 1.165) is 23.8 Å². The van der Waals surface area contributed by atoms with Gasteiger partial charge >= 0.3 is 12.2 Å². The van der Waals surface area contributed by atoms with Gasteiger partial charge in [-0.2, -0.15) is 0 Å². The molecule has 0 saturated carbocycles. The van der Waals surface area contributed by atoms with Crippen molar-refractivity contribution in [3.8, 4) is 5.75 Å². The first kappa shape index (κ1) is 25.3. The van der Waals surface area contributed by atoms with Gasteiger partial charge in [-0.25, -0.2) is 18.4 Å². The van der Waals surface area contributed by atoms with Gasteiger partial charge in [0.05, 0.1) is 12.6 Å². The Bertz CT molecular complexity index is 961. The van der Waals surface area contributed by atoms with Crippen LogP contribution in [-0.2, 0) is 16.1 Å². The van der Waals surface area contributed by atoms with E-state index in [9.17, 15) is 18.4 Å². The molecule has 9 heteroatoms. The molecule has 2 aromatic rings. The van der Waals surface area contributed by atoms with Gasteiger partial charge < -0.3 is 24.0 Å². The maximum absolute atomic E-state index is 13.4. The minimum absolute atomic E-state index is 0.0521. The predicted molar refractivity (Wildman–Crippen MR) is 121 cm³/mol. The summed E-state index contributed by atoms with van der Waals surface area (Å²) in [6.07, 6.45) is -0.655. The van der Waals surface area contributed by atoms with Crippen LogP contribution in [0, 0.1) is 11.6 Å². The van der Waals surface area contributed by atoms with Crippen molar-refractivity contribution in [2.45, 2.75) is 45.4 Å². The first-order chi connectivity index (χ1) is 16.1. The zero-order valence-corrected chi connectivity index (χ0v) is 19.6. The number of benzene rings is 2. The summed E-state index contributed by atoms with van der Waals surface area (Å²) < 4.78 is 43.3. The van der Waals surface area contributed by atoms with Crippen molar-refractivity contribution in [2.24, 2.45) is 0 Å². The summed E-state index contributed by atoms with van der Waals surface area (Å²) in [5, 5.41) is 0. The standard InChI is InChI=1S/C25H30F2N2O5/c1-25(2,3)34-24(31)29-11-10-28(23(30)33-17-18-7-5-4-6-8-18)16-21(29)9-12-32-22-14-19(26)13-20(27)15-22/h4-8,13-15,21H,9-12,16-17H2,1-3H3/t21-/m1/s1. The number of carbonyl (C=O) groups excluding carboxylic acids is 2.